The zero-order chi connectivity index (χ0) is 19.7. The fraction of sp³-hybridized carbons (Fsp3) is 0.0909. The van der Waals surface area contributed by atoms with Crippen LogP contribution in [-0.4, -0.2) is 15.5 Å². The van der Waals surface area contributed by atoms with Crippen LogP contribution in [0.25, 0.3) is 11.0 Å². The molecule has 0 aliphatic rings. The molecule has 28 heavy (non-hydrogen) atoms. The highest BCUT2D eigenvalue weighted by Crippen LogP contribution is 2.18. The van der Waals surface area contributed by atoms with Gasteiger partial charge in [-0.1, -0.05) is 30.3 Å². The van der Waals surface area contributed by atoms with Gasteiger partial charge in [0.25, 0.3) is 5.91 Å². The van der Waals surface area contributed by atoms with E-state index >= 15 is 0 Å². The molecule has 0 spiro atoms. The van der Waals surface area contributed by atoms with Gasteiger partial charge in [-0.15, -0.1) is 0 Å². The number of fused-ring (bicyclic) bond motifs is 1. The van der Waals surface area contributed by atoms with Gasteiger partial charge in [0.15, 0.2) is 0 Å². The Labute approximate surface area is 161 Å². The van der Waals surface area contributed by atoms with Gasteiger partial charge in [0, 0.05) is 5.56 Å². The van der Waals surface area contributed by atoms with Gasteiger partial charge in [0.05, 0.1) is 29.0 Å². The van der Waals surface area contributed by atoms with Crippen molar-refractivity contribution in [1.82, 2.24) is 9.55 Å². The minimum atomic E-state index is -0.232. The van der Waals surface area contributed by atoms with Crippen LogP contribution in [0.3, 0.4) is 0 Å². The van der Waals surface area contributed by atoms with E-state index in [1.807, 2.05) is 49.4 Å². The van der Waals surface area contributed by atoms with Gasteiger partial charge in [-0.3, -0.25) is 9.36 Å². The van der Waals surface area contributed by atoms with Gasteiger partial charge in [0.1, 0.15) is 0 Å². The van der Waals surface area contributed by atoms with Gasteiger partial charge >= 0.3 is 5.69 Å². The average molecular weight is 372 g/mol. The number of para-hydroxylation sites is 2. The van der Waals surface area contributed by atoms with Gasteiger partial charge in [-0.05, 0) is 54.4 Å². The Bertz CT molecular complexity index is 1220. The van der Waals surface area contributed by atoms with Crippen LogP contribution in [-0.2, 0) is 6.54 Å². The van der Waals surface area contributed by atoms with E-state index in [4.69, 9.17) is 5.73 Å². The van der Waals surface area contributed by atoms with Crippen LogP contribution >= 0.6 is 0 Å². The maximum Gasteiger partial charge on any atom is 0.326 e. The van der Waals surface area contributed by atoms with E-state index in [0.717, 1.165) is 22.2 Å². The van der Waals surface area contributed by atoms with Crippen molar-refractivity contribution in [2.75, 3.05) is 11.1 Å². The number of benzene rings is 3. The lowest BCUT2D eigenvalue weighted by atomic mass is 10.1. The lowest BCUT2D eigenvalue weighted by Gasteiger charge is -2.09. The van der Waals surface area contributed by atoms with Crippen molar-refractivity contribution in [2.24, 2.45) is 0 Å². The first-order chi connectivity index (χ1) is 13.5. The fourth-order valence-corrected chi connectivity index (χ4v) is 3.17. The molecule has 0 fully saturated rings. The number of carbonyl (C=O) groups excluding carboxylic acids is 1. The molecule has 1 aromatic heterocycles. The van der Waals surface area contributed by atoms with Crippen LogP contribution in [0.4, 0.5) is 11.4 Å². The number of nitrogens with two attached hydrogens (primary N) is 1. The predicted octanol–water partition coefficient (Wildman–Crippen LogP) is 3.52. The number of aromatic nitrogens is 2. The number of rotatable bonds is 4. The maximum atomic E-state index is 12.4. The van der Waals surface area contributed by atoms with Crippen molar-refractivity contribution in [3.8, 4) is 0 Å². The molecule has 6 nitrogen and oxygen atoms in total. The number of aromatic amines is 1. The number of aryl methyl sites for hydroxylation is 1. The van der Waals surface area contributed by atoms with Crippen LogP contribution < -0.4 is 16.7 Å². The van der Waals surface area contributed by atoms with Crippen molar-refractivity contribution >= 4 is 28.3 Å². The summed E-state index contributed by atoms with van der Waals surface area (Å²) < 4.78 is 1.70. The van der Waals surface area contributed by atoms with Gasteiger partial charge in [-0.2, -0.15) is 0 Å². The SMILES string of the molecule is Cc1ccc2[nH]c(=O)n(Cc3ccc(C(=O)Nc4ccccc4N)cc3)c2c1. The molecule has 4 N–H and O–H groups in total. The number of hydrogen-bond acceptors (Lipinski definition) is 3. The molecule has 0 aliphatic heterocycles. The molecule has 0 unspecified atom stereocenters. The lowest BCUT2D eigenvalue weighted by Crippen LogP contribution is -2.17. The maximum absolute atomic E-state index is 12.4. The molecule has 0 saturated heterocycles. The number of nitrogens with zero attached hydrogens (tertiary/aromatic N) is 1. The second-order valence-corrected chi connectivity index (χ2v) is 6.78. The molecule has 1 amide bonds. The summed E-state index contributed by atoms with van der Waals surface area (Å²) >= 11 is 0. The van der Waals surface area contributed by atoms with Crippen LogP contribution in [0.1, 0.15) is 21.5 Å². The smallest absolute Gasteiger partial charge is 0.326 e. The van der Waals surface area contributed by atoms with Crippen LogP contribution in [0.2, 0.25) is 0 Å². The van der Waals surface area contributed by atoms with Crippen LogP contribution in [0, 0.1) is 6.92 Å². The minimum absolute atomic E-state index is 0.151. The highest BCUT2D eigenvalue weighted by molar-refractivity contribution is 6.05. The van der Waals surface area contributed by atoms with Gasteiger partial charge in [-0.25, -0.2) is 4.79 Å². The van der Waals surface area contributed by atoms with E-state index in [1.165, 1.54) is 0 Å². The van der Waals surface area contributed by atoms with E-state index in [2.05, 4.69) is 10.3 Å². The van der Waals surface area contributed by atoms with E-state index in [1.54, 1.807) is 28.8 Å². The number of imidazole rings is 1. The average Bonchev–Trinajstić information content (AvgIpc) is 2.99. The van der Waals surface area contributed by atoms with Crippen molar-refractivity contribution in [3.05, 3.63) is 93.9 Å². The highest BCUT2D eigenvalue weighted by atomic mass is 16.2. The summed E-state index contributed by atoms with van der Waals surface area (Å²) in [4.78, 5) is 27.6. The molecule has 6 heteroatoms. The summed E-state index contributed by atoms with van der Waals surface area (Å²) in [6.45, 7) is 2.42. The third-order valence-corrected chi connectivity index (χ3v) is 4.70. The monoisotopic (exact) mass is 372 g/mol. The summed E-state index contributed by atoms with van der Waals surface area (Å²) in [7, 11) is 0. The molecule has 4 aromatic rings. The Morgan fingerprint density at radius 1 is 1.07 bits per heavy atom. The molecular weight excluding hydrogens is 352 g/mol. The van der Waals surface area contributed by atoms with Gasteiger partial charge in [0.2, 0.25) is 0 Å². The van der Waals surface area contributed by atoms with E-state index in [0.29, 0.717) is 23.5 Å². The number of hydrogen-bond donors (Lipinski definition) is 3. The zero-order valence-corrected chi connectivity index (χ0v) is 15.4. The topological polar surface area (TPSA) is 92.9 Å². The predicted molar refractivity (Wildman–Crippen MR) is 112 cm³/mol. The number of nitrogen functional groups attached to an aromatic ring is 1. The third-order valence-electron chi connectivity index (χ3n) is 4.70. The largest absolute Gasteiger partial charge is 0.397 e. The normalized spacial score (nSPS) is 10.9. The summed E-state index contributed by atoms with van der Waals surface area (Å²) in [6, 6.07) is 20.2. The number of nitrogens with one attached hydrogen (secondary N) is 2. The van der Waals surface area contributed by atoms with Gasteiger partial charge < -0.3 is 16.0 Å². The Morgan fingerprint density at radius 3 is 2.57 bits per heavy atom. The highest BCUT2D eigenvalue weighted by Gasteiger charge is 2.10. The molecule has 0 bridgehead atoms. The summed E-state index contributed by atoms with van der Waals surface area (Å²) in [5.74, 6) is -0.232. The molecule has 0 atom stereocenters. The molecule has 140 valence electrons. The van der Waals surface area contributed by atoms with E-state index in [9.17, 15) is 9.59 Å². The minimum Gasteiger partial charge on any atom is -0.397 e. The number of H-pyrrole nitrogens is 1. The zero-order valence-electron chi connectivity index (χ0n) is 15.4. The summed E-state index contributed by atoms with van der Waals surface area (Å²) in [6.07, 6.45) is 0. The second kappa shape index (κ2) is 7.08. The molecule has 3 aromatic carbocycles. The van der Waals surface area contributed by atoms with Crippen molar-refractivity contribution in [2.45, 2.75) is 13.5 Å². The van der Waals surface area contributed by atoms with E-state index < -0.39 is 0 Å². The summed E-state index contributed by atoms with van der Waals surface area (Å²) in [5, 5.41) is 2.81. The Morgan fingerprint density at radius 2 is 1.82 bits per heavy atom. The first-order valence-electron chi connectivity index (χ1n) is 8.95. The number of amides is 1. The first kappa shape index (κ1) is 17.6. The number of anilines is 2. The lowest BCUT2D eigenvalue weighted by molar-refractivity contribution is 0.102. The second-order valence-electron chi connectivity index (χ2n) is 6.78. The number of carbonyl (C=O) groups is 1. The molecular formula is C22H20N4O2. The molecule has 0 radical (unpaired) electrons. The standard InChI is InChI=1S/C22H20N4O2/c1-14-6-11-19-20(12-14)26(22(28)25-19)13-15-7-9-16(10-8-15)21(27)24-18-5-3-2-4-17(18)23/h2-12H,13,23H2,1H3,(H,24,27)(H,25,28). The first-order valence-corrected chi connectivity index (χ1v) is 8.95. The summed E-state index contributed by atoms with van der Waals surface area (Å²) in [5.41, 5.74) is 11.0. The molecule has 4 rings (SSSR count). The van der Waals surface area contributed by atoms with Crippen LogP contribution in [0.5, 0.6) is 0 Å². The molecule has 0 saturated carbocycles. The van der Waals surface area contributed by atoms with Crippen molar-refractivity contribution in [3.63, 3.8) is 0 Å². The quantitative estimate of drug-likeness (QED) is 0.479. The molecule has 1 heterocycles. The van der Waals surface area contributed by atoms with Crippen molar-refractivity contribution < 1.29 is 4.79 Å². The van der Waals surface area contributed by atoms with Crippen molar-refractivity contribution in [1.29, 1.82) is 0 Å². The molecule has 0 aliphatic carbocycles. The Kier molecular flexibility index (Phi) is 4.45. The Hall–Kier alpha value is -3.80. The van der Waals surface area contributed by atoms with Crippen LogP contribution in [0.15, 0.2) is 71.5 Å². The fourth-order valence-electron chi connectivity index (χ4n) is 3.17. The Balaban J connectivity index is 1.55. The van der Waals surface area contributed by atoms with E-state index in [-0.39, 0.29) is 11.6 Å². The third kappa shape index (κ3) is 3.40.